The highest BCUT2D eigenvalue weighted by Gasteiger charge is 2.24. The van der Waals surface area contributed by atoms with Crippen LogP contribution in [0.4, 0.5) is 5.69 Å². The minimum absolute atomic E-state index is 0.0211. The zero-order chi connectivity index (χ0) is 23.7. The molecule has 7 nitrogen and oxygen atoms in total. The lowest BCUT2D eigenvalue weighted by atomic mass is 9.97. The van der Waals surface area contributed by atoms with Crippen LogP contribution in [0, 0.1) is 33.5 Å². The zero-order valence-corrected chi connectivity index (χ0v) is 19.2. The molecule has 0 heterocycles. The van der Waals surface area contributed by atoms with Crippen molar-refractivity contribution < 1.29 is 19.1 Å². The normalized spacial score (nSPS) is 11.0. The molecule has 0 N–H and O–H groups in total. The minimum atomic E-state index is -0.583. The van der Waals surface area contributed by atoms with Gasteiger partial charge in [-0.2, -0.15) is 10.5 Å². The van der Waals surface area contributed by atoms with Crippen LogP contribution in [-0.4, -0.2) is 38.2 Å². The van der Waals surface area contributed by atoms with Gasteiger partial charge in [-0.3, -0.25) is 9.59 Å². The van der Waals surface area contributed by atoms with E-state index in [1.165, 1.54) is 6.08 Å². The third-order valence-electron chi connectivity index (χ3n) is 4.22. The molecular weight excluding hydrogens is 394 g/mol. The van der Waals surface area contributed by atoms with E-state index in [2.05, 4.69) is 0 Å². The van der Waals surface area contributed by atoms with Crippen molar-refractivity contribution in [1.82, 2.24) is 0 Å². The molecule has 7 heteroatoms. The van der Waals surface area contributed by atoms with Crippen LogP contribution in [-0.2, 0) is 19.1 Å². The molecule has 0 amide bonds. The Balaban J connectivity index is 2.90. The van der Waals surface area contributed by atoms with E-state index in [1.54, 1.807) is 53.7 Å². The summed E-state index contributed by atoms with van der Waals surface area (Å²) in [5.74, 6) is -0.569. The summed E-state index contributed by atoms with van der Waals surface area (Å²) in [4.78, 5) is 26.0. The number of carbonyl (C=O) groups is 2. The fourth-order valence-corrected chi connectivity index (χ4v) is 2.34. The number of carbonyl (C=O) groups excluding carboxylic acids is 2. The molecule has 0 atom stereocenters. The first-order valence-electron chi connectivity index (χ1n) is 10.1. The molecule has 0 spiro atoms. The third kappa shape index (κ3) is 8.92. The maximum Gasteiger partial charge on any atom is 0.311 e. The van der Waals surface area contributed by atoms with Crippen LogP contribution >= 0.6 is 0 Å². The molecule has 0 saturated heterocycles. The van der Waals surface area contributed by atoms with Gasteiger partial charge in [-0.05, 0) is 65.3 Å². The summed E-state index contributed by atoms with van der Waals surface area (Å²) in [6.45, 7) is 12.0. The zero-order valence-electron chi connectivity index (χ0n) is 19.2. The first-order valence-corrected chi connectivity index (χ1v) is 10.1. The Morgan fingerprint density at radius 3 is 1.65 bits per heavy atom. The Labute approximate surface area is 184 Å². The van der Waals surface area contributed by atoms with Gasteiger partial charge in [-0.1, -0.05) is 12.1 Å². The number of rotatable bonds is 8. The summed E-state index contributed by atoms with van der Waals surface area (Å²) in [7, 11) is 0. The van der Waals surface area contributed by atoms with E-state index in [0.29, 0.717) is 13.1 Å². The molecule has 0 fully saturated rings. The second kappa shape index (κ2) is 11.2. The van der Waals surface area contributed by atoms with Gasteiger partial charge in [0.1, 0.15) is 30.9 Å². The predicted molar refractivity (Wildman–Crippen MR) is 119 cm³/mol. The maximum absolute atomic E-state index is 12.0. The van der Waals surface area contributed by atoms with Gasteiger partial charge in [0.15, 0.2) is 0 Å². The lowest BCUT2D eigenvalue weighted by Gasteiger charge is -2.26. The van der Waals surface area contributed by atoms with E-state index in [1.807, 2.05) is 29.2 Å². The average Bonchev–Trinajstić information content (AvgIpc) is 2.69. The van der Waals surface area contributed by atoms with Crippen molar-refractivity contribution in [1.29, 1.82) is 10.5 Å². The molecular formula is C24H31N3O4. The number of ether oxygens (including phenoxy) is 2. The summed E-state index contributed by atoms with van der Waals surface area (Å²) < 4.78 is 10.8. The first kappa shape index (κ1) is 25.7. The van der Waals surface area contributed by atoms with Gasteiger partial charge >= 0.3 is 11.9 Å². The van der Waals surface area contributed by atoms with Gasteiger partial charge in [-0.25, -0.2) is 0 Å². The fourth-order valence-electron chi connectivity index (χ4n) is 2.34. The molecule has 0 bridgehead atoms. The quantitative estimate of drug-likeness (QED) is 0.456. The summed E-state index contributed by atoms with van der Waals surface area (Å²) in [5, 5.41) is 17.8. The van der Waals surface area contributed by atoms with Crippen molar-refractivity contribution >= 4 is 23.7 Å². The van der Waals surface area contributed by atoms with Crippen LogP contribution in [0.1, 0.15) is 47.1 Å². The van der Waals surface area contributed by atoms with Crippen LogP contribution in [0.5, 0.6) is 0 Å². The molecule has 1 aromatic carbocycles. The van der Waals surface area contributed by atoms with E-state index in [9.17, 15) is 9.59 Å². The Bertz CT molecular complexity index is 828. The molecule has 1 aromatic rings. The lowest BCUT2D eigenvalue weighted by molar-refractivity contribution is -0.152. The smallest absolute Gasteiger partial charge is 0.311 e. The summed E-state index contributed by atoms with van der Waals surface area (Å²) >= 11 is 0. The topological polar surface area (TPSA) is 103 Å². The number of esters is 2. The Morgan fingerprint density at radius 2 is 1.29 bits per heavy atom. The molecule has 0 radical (unpaired) electrons. The average molecular weight is 426 g/mol. The summed E-state index contributed by atoms with van der Waals surface area (Å²) in [5.41, 5.74) is 0.416. The van der Waals surface area contributed by atoms with E-state index < -0.39 is 10.8 Å². The fraction of sp³-hybridized carbons (Fsp3) is 0.500. The molecule has 0 aliphatic heterocycles. The third-order valence-corrected chi connectivity index (χ3v) is 4.22. The number of nitrogens with zero attached hydrogens (tertiary/aromatic N) is 3. The van der Waals surface area contributed by atoms with Crippen molar-refractivity contribution in [2.75, 3.05) is 31.2 Å². The Hall–Kier alpha value is -3.32. The largest absolute Gasteiger partial charge is 0.463 e. The number of anilines is 1. The van der Waals surface area contributed by atoms with E-state index in [-0.39, 0.29) is 30.7 Å². The van der Waals surface area contributed by atoms with Crippen LogP contribution in [0.3, 0.4) is 0 Å². The van der Waals surface area contributed by atoms with Crippen LogP contribution in [0.15, 0.2) is 29.8 Å². The summed E-state index contributed by atoms with van der Waals surface area (Å²) in [6, 6.07) is 10.9. The number of allylic oxidation sites excluding steroid dienone is 1. The monoisotopic (exact) mass is 425 g/mol. The minimum Gasteiger partial charge on any atom is -0.463 e. The number of hydrogen-bond acceptors (Lipinski definition) is 7. The molecule has 0 aliphatic carbocycles. The van der Waals surface area contributed by atoms with Crippen LogP contribution < -0.4 is 4.90 Å². The van der Waals surface area contributed by atoms with Gasteiger partial charge in [0.05, 0.1) is 23.9 Å². The van der Waals surface area contributed by atoms with Gasteiger partial charge in [-0.15, -0.1) is 0 Å². The Kier molecular flexibility index (Phi) is 9.27. The number of benzene rings is 1. The molecule has 1 rings (SSSR count). The van der Waals surface area contributed by atoms with E-state index in [0.717, 1.165) is 11.3 Å². The van der Waals surface area contributed by atoms with Crippen molar-refractivity contribution in [3.05, 3.63) is 35.4 Å². The summed E-state index contributed by atoms with van der Waals surface area (Å²) in [6.07, 6.45) is 1.50. The predicted octanol–water partition coefficient (Wildman–Crippen LogP) is 4.10. The highest BCUT2D eigenvalue weighted by atomic mass is 16.5. The molecule has 0 aliphatic rings. The van der Waals surface area contributed by atoms with Crippen molar-refractivity contribution in [2.24, 2.45) is 10.8 Å². The molecule has 166 valence electrons. The van der Waals surface area contributed by atoms with Gasteiger partial charge in [0.2, 0.25) is 0 Å². The van der Waals surface area contributed by atoms with Crippen molar-refractivity contribution in [3.8, 4) is 12.1 Å². The SMILES string of the molecule is CC(C)(C)C(=O)OCCN(CCOC(=O)C(C)(C)C)c1ccc(C=C(C#N)C#N)cc1. The molecule has 0 unspecified atom stereocenters. The molecule has 31 heavy (non-hydrogen) atoms. The standard InChI is InChI=1S/C24H31N3O4/c1-23(2,3)21(28)30-13-11-27(12-14-31-22(29)24(4,5)6)20-9-7-18(8-10-20)15-19(16-25)17-26/h7-10,15H,11-14H2,1-6H3. The number of nitriles is 2. The highest BCUT2D eigenvalue weighted by Crippen LogP contribution is 2.19. The van der Waals surface area contributed by atoms with Gasteiger partial charge in [0, 0.05) is 5.69 Å². The lowest BCUT2D eigenvalue weighted by Crippen LogP contribution is -2.34. The van der Waals surface area contributed by atoms with E-state index >= 15 is 0 Å². The van der Waals surface area contributed by atoms with Crippen molar-refractivity contribution in [2.45, 2.75) is 41.5 Å². The number of hydrogen-bond donors (Lipinski definition) is 0. The van der Waals surface area contributed by atoms with Crippen LogP contribution in [0.2, 0.25) is 0 Å². The second-order valence-electron chi connectivity index (χ2n) is 9.13. The van der Waals surface area contributed by atoms with Crippen LogP contribution in [0.25, 0.3) is 6.08 Å². The molecule has 0 aromatic heterocycles. The molecule has 0 saturated carbocycles. The van der Waals surface area contributed by atoms with E-state index in [4.69, 9.17) is 20.0 Å². The first-order chi connectivity index (χ1) is 14.4. The van der Waals surface area contributed by atoms with Gasteiger partial charge < -0.3 is 14.4 Å². The maximum atomic E-state index is 12.0. The van der Waals surface area contributed by atoms with Gasteiger partial charge in [0.25, 0.3) is 0 Å². The Morgan fingerprint density at radius 1 is 0.871 bits per heavy atom. The van der Waals surface area contributed by atoms with Crippen molar-refractivity contribution in [3.63, 3.8) is 0 Å². The highest BCUT2D eigenvalue weighted by molar-refractivity contribution is 5.75. The second-order valence-corrected chi connectivity index (χ2v) is 9.13.